The number of hydrogen-bond acceptors (Lipinski definition) is 9. The molecule has 1 saturated heterocycles. The summed E-state index contributed by atoms with van der Waals surface area (Å²) in [4.78, 5) is 29.9. The zero-order valence-electron chi connectivity index (χ0n) is 26.9. The highest BCUT2D eigenvalue weighted by Crippen LogP contribution is 2.70. The van der Waals surface area contributed by atoms with Crippen LogP contribution in [0, 0.1) is 11.8 Å². The third-order valence-electron chi connectivity index (χ3n) is 10.4. The third kappa shape index (κ3) is 4.46. The zero-order valence-corrected chi connectivity index (χ0v) is 26.9. The number of nitrogens with one attached hydrogen (secondary N) is 1. The maximum absolute atomic E-state index is 15.2. The number of ether oxygens (including phenoxy) is 5. The first kappa shape index (κ1) is 31.1. The molecule has 0 spiro atoms. The van der Waals surface area contributed by atoms with Gasteiger partial charge in [-0.15, -0.1) is 0 Å². The molecule has 2 bridgehead atoms. The molecule has 2 amide bonds. The number of carbonyl (C=O) groups excluding carboxylic acids is 2. The summed E-state index contributed by atoms with van der Waals surface area (Å²) >= 11 is 0. The summed E-state index contributed by atoms with van der Waals surface area (Å²) in [7, 11) is 2.99. The van der Waals surface area contributed by atoms with Crippen molar-refractivity contribution in [3.8, 4) is 28.7 Å². The molecule has 3 aliphatic heterocycles. The van der Waals surface area contributed by atoms with Crippen molar-refractivity contribution in [2.24, 2.45) is 11.8 Å². The highest BCUT2D eigenvalue weighted by molar-refractivity contribution is 5.86. The molecule has 0 aromatic heterocycles. The second kappa shape index (κ2) is 11.6. The van der Waals surface area contributed by atoms with Gasteiger partial charge in [-0.05, 0) is 42.5 Å². The summed E-state index contributed by atoms with van der Waals surface area (Å²) in [5.74, 6) is -1.44. The molecule has 47 heavy (non-hydrogen) atoms. The topological polar surface area (TPSA) is 136 Å². The minimum absolute atomic E-state index is 0.0699. The van der Waals surface area contributed by atoms with Crippen LogP contribution in [0.2, 0.25) is 0 Å². The van der Waals surface area contributed by atoms with Gasteiger partial charge in [0.15, 0.2) is 17.1 Å². The molecule has 248 valence electrons. The first-order chi connectivity index (χ1) is 22.7. The predicted octanol–water partition coefficient (Wildman–Crippen LogP) is 3.79. The molecule has 1 aliphatic carbocycles. The lowest BCUT2D eigenvalue weighted by Gasteiger charge is -2.45. The fourth-order valence-corrected chi connectivity index (χ4v) is 7.94. The molecule has 3 heterocycles. The number of nitrogens with zero attached hydrogens (tertiary/aromatic N) is 1. The average molecular weight is 645 g/mol. The number of carbonyl (C=O) groups is 2. The summed E-state index contributed by atoms with van der Waals surface area (Å²) in [6.07, 6.45) is -0.334. The number of hydrogen-bond donors (Lipinski definition) is 3. The van der Waals surface area contributed by atoms with E-state index in [-0.39, 0.29) is 41.4 Å². The summed E-state index contributed by atoms with van der Waals surface area (Å²) < 4.78 is 29.7. The lowest BCUT2D eigenvalue weighted by atomic mass is 9.75. The van der Waals surface area contributed by atoms with Gasteiger partial charge in [-0.25, -0.2) is 0 Å². The van der Waals surface area contributed by atoms with Crippen LogP contribution in [0.4, 0.5) is 0 Å². The minimum atomic E-state index is -2.23. The van der Waals surface area contributed by atoms with Gasteiger partial charge in [0.05, 0.1) is 25.7 Å². The summed E-state index contributed by atoms with van der Waals surface area (Å²) in [6, 6.07) is 18.0. The molecule has 11 heteroatoms. The van der Waals surface area contributed by atoms with Crippen LogP contribution in [-0.4, -0.2) is 66.8 Å². The maximum atomic E-state index is 15.2. The molecule has 7 atom stereocenters. The molecule has 3 N–H and O–H groups in total. The predicted molar refractivity (Wildman–Crippen MR) is 169 cm³/mol. The molecule has 0 radical (unpaired) electrons. The summed E-state index contributed by atoms with van der Waals surface area (Å²) in [5, 5.41) is 29.0. The molecule has 4 aliphatic rings. The molecule has 3 aromatic rings. The SMILES string of the molecule is CCC(C)C(=O)NC1CCCN1C(=O)C1C(c2ccccc2)C2(c3ccc(OC)cc3)Oc3cc4c(c(OC)c3C1(O)C2O)OCO4. The highest BCUT2D eigenvalue weighted by atomic mass is 16.7. The van der Waals surface area contributed by atoms with Gasteiger partial charge in [-0.2, -0.15) is 0 Å². The first-order valence-electron chi connectivity index (χ1n) is 16.1. The van der Waals surface area contributed by atoms with E-state index in [4.69, 9.17) is 23.7 Å². The van der Waals surface area contributed by atoms with Crippen molar-refractivity contribution in [2.45, 2.75) is 62.5 Å². The fourth-order valence-electron chi connectivity index (χ4n) is 7.94. The number of benzene rings is 3. The molecular weight excluding hydrogens is 604 g/mol. The van der Waals surface area contributed by atoms with Crippen molar-refractivity contribution < 1.29 is 43.5 Å². The van der Waals surface area contributed by atoms with E-state index in [1.807, 2.05) is 44.2 Å². The van der Waals surface area contributed by atoms with E-state index in [0.29, 0.717) is 48.4 Å². The maximum Gasteiger partial charge on any atom is 0.231 e. The highest BCUT2D eigenvalue weighted by Gasteiger charge is 2.77. The van der Waals surface area contributed by atoms with Crippen LogP contribution >= 0.6 is 0 Å². The number of fused-ring (bicyclic) bond motifs is 5. The number of methoxy groups -OCH3 is 2. The molecule has 1 saturated carbocycles. The van der Waals surface area contributed by atoms with Crippen molar-refractivity contribution in [1.82, 2.24) is 10.2 Å². The Morgan fingerprint density at radius 3 is 2.49 bits per heavy atom. The van der Waals surface area contributed by atoms with Crippen molar-refractivity contribution >= 4 is 11.8 Å². The number of aliphatic hydroxyl groups excluding tert-OH is 1. The van der Waals surface area contributed by atoms with Gasteiger partial charge >= 0.3 is 0 Å². The second-order valence-electron chi connectivity index (χ2n) is 12.7. The van der Waals surface area contributed by atoms with Crippen LogP contribution in [0.25, 0.3) is 0 Å². The van der Waals surface area contributed by atoms with Gasteiger partial charge in [-0.3, -0.25) is 9.59 Å². The Balaban J connectivity index is 1.47. The Bertz CT molecular complexity index is 1680. The minimum Gasteiger partial charge on any atom is -0.497 e. The molecule has 11 nitrogen and oxygen atoms in total. The van der Waals surface area contributed by atoms with Crippen LogP contribution < -0.4 is 29.0 Å². The summed E-state index contributed by atoms with van der Waals surface area (Å²) in [5.41, 5.74) is -2.55. The van der Waals surface area contributed by atoms with E-state index >= 15 is 4.79 Å². The van der Waals surface area contributed by atoms with Gasteiger partial charge in [0.1, 0.15) is 29.4 Å². The van der Waals surface area contributed by atoms with E-state index in [0.717, 1.165) is 0 Å². The van der Waals surface area contributed by atoms with Gasteiger partial charge in [-0.1, -0.05) is 56.3 Å². The van der Waals surface area contributed by atoms with E-state index < -0.39 is 41.2 Å². The van der Waals surface area contributed by atoms with Gasteiger partial charge < -0.3 is 44.1 Å². The largest absolute Gasteiger partial charge is 0.497 e. The molecule has 3 aromatic carbocycles. The smallest absolute Gasteiger partial charge is 0.231 e. The summed E-state index contributed by atoms with van der Waals surface area (Å²) in [6.45, 7) is 4.09. The molecule has 7 rings (SSSR count). The Hall–Kier alpha value is -4.48. The number of likely N-dealkylation sites (tertiary alicyclic amines) is 1. The van der Waals surface area contributed by atoms with Crippen molar-refractivity contribution in [2.75, 3.05) is 27.6 Å². The normalized spacial score (nSPS) is 29.1. The lowest BCUT2D eigenvalue weighted by molar-refractivity contribution is -0.167. The first-order valence-corrected chi connectivity index (χ1v) is 16.1. The van der Waals surface area contributed by atoms with E-state index in [2.05, 4.69) is 5.32 Å². The van der Waals surface area contributed by atoms with Crippen LogP contribution in [0.5, 0.6) is 28.7 Å². The van der Waals surface area contributed by atoms with Gasteiger partial charge in [0.25, 0.3) is 0 Å². The van der Waals surface area contributed by atoms with Gasteiger partial charge in [0.2, 0.25) is 24.4 Å². The van der Waals surface area contributed by atoms with Gasteiger partial charge in [0, 0.05) is 24.4 Å². The zero-order chi connectivity index (χ0) is 33.1. The van der Waals surface area contributed by atoms with Crippen molar-refractivity contribution in [1.29, 1.82) is 0 Å². The Labute approximate surface area is 273 Å². The van der Waals surface area contributed by atoms with E-state index in [1.165, 1.54) is 7.11 Å². The van der Waals surface area contributed by atoms with Crippen LogP contribution in [0.1, 0.15) is 55.7 Å². The number of amides is 2. The van der Waals surface area contributed by atoms with E-state index in [1.54, 1.807) is 42.3 Å². The lowest BCUT2D eigenvalue weighted by Crippen LogP contribution is -2.56. The average Bonchev–Trinajstić information content (AvgIpc) is 3.79. The Morgan fingerprint density at radius 2 is 1.81 bits per heavy atom. The third-order valence-corrected chi connectivity index (χ3v) is 10.4. The number of aliphatic hydroxyl groups is 2. The Kier molecular flexibility index (Phi) is 7.71. The number of rotatable bonds is 8. The standard InChI is InChI=1S/C36H40N2O9/c1-5-20(2)32(39)37-26-12-9-17-38(26)33(40)29-27(21-10-7-6-8-11-21)36(22-13-15-23(43-3)16-14-22)34(41)35(29,42)28-24(47-36)18-25-30(31(28)44-4)46-19-45-25/h6-8,10-11,13-16,18,20,26-27,29,34,41-42H,5,9,12,17,19H2,1-4H3,(H,37,39). The quantitative estimate of drug-likeness (QED) is 0.335. The Morgan fingerprint density at radius 1 is 1.06 bits per heavy atom. The van der Waals surface area contributed by atoms with Crippen molar-refractivity contribution in [3.63, 3.8) is 0 Å². The molecule has 7 unspecified atom stereocenters. The van der Waals surface area contributed by atoms with Crippen LogP contribution in [0.3, 0.4) is 0 Å². The monoisotopic (exact) mass is 644 g/mol. The van der Waals surface area contributed by atoms with Crippen molar-refractivity contribution in [3.05, 3.63) is 77.4 Å². The van der Waals surface area contributed by atoms with E-state index in [9.17, 15) is 15.0 Å². The second-order valence-corrected chi connectivity index (χ2v) is 12.7. The molecular formula is C36H40N2O9. The van der Waals surface area contributed by atoms with Crippen LogP contribution in [-0.2, 0) is 20.8 Å². The fraction of sp³-hybridized carbons (Fsp3) is 0.444. The molecule has 2 fully saturated rings. The van der Waals surface area contributed by atoms with Crippen LogP contribution in [0.15, 0.2) is 60.7 Å².